The second-order valence-corrected chi connectivity index (χ2v) is 9.97. The molecule has 0 aromatic carbocycles. The average Bonchev–Trinajstić information content (AvgIpc) is 2.66. The smallest absolute Gasteiger partial charge is 0.250 e. The molecule has 0 unspecified atom stereocenters. The summed E-state index contributed by atoms with van der Waals surface area (Å²) in [5, 5.41) is 0. The second-order valence-electron chi connectivity index (χ2n) is 7.71. The summed E-state index contributed by atoms with van der Waals surface area (Å²) in [6.07, 6.45) is 9.77. The molecule has 1 aliphatic heterocycles. The number of carbonyl (C=O) groups is 1. The van der Waals surface area contributed by atoms with Gasteiger partial charge in [0.2, 0.25) is 0 Å². The van der Waals surface area contributed by atoms with Gasteiger partial charge in [-0.1, -0.05) is 6.08 Å². The van der Waals surface area contributed by atoms with E-state index in [4.69, 9.17) is 10.7 Å². The Morgan fingerprint density at radius 1 is 1.26 bits per heavy atom. The molecular weight excluding hydrogens is 362 g/mol. The summed E-state index contributed by atoms with van der Waals surface area (Å²) in [4.78, 5) is 19.0. The van der Waals surface area contributed by atoms with Gasteiger partial charge in [-0.15, -0.1) is 0 Å². The Morgan fingerprint density at radius 3 is 2.59 bits per heavy atom. The van der Waals surface area contributed by atoms with Crippen molar-refractivity contribution in [1.82, 2.24) is 9.88 Å². The molecular formula is C20H29N3O3S. The fraction of sp³-hybridized carbons (Fsp3) is 0.600. The first-order valence-electron chi connectivity index (χ1n) is 9.74. The first-order chi connectivity index (χ1) is 12.8. The van der Waals surface area contributed by atoms with E-state index in [1.165, 1.54) is 24.7 Å². The fourth-order valence-electron chi connectivity index (χ4n) is 3.97. The summed E-state index contributed by atoms with van der Waals surface area (Å²) in [7, 11) is -2.95. The number of likely N-dealkylation sites (tertiary alicyclic amines) is 1. The summed E-state index contributed by atoms with van der Waals surface area (Å²) < 4.78 is 22.7. The van der Waals surface area contributed by atoms with E-state index < -0.39 is 15.7 Å². The number of aromatic nitrogens is 1. The molecule has 1 fully saturated rings. The van der Waals surface area contributed by atoms with Gasteiger partial charge in [-0.05, 0) is 69.3 Å². The van der Waals surface area contributed by atoms with Gasteiger partial charge in [0.25, 0.3) is 5.91 Å². The van der Waals surface area contributed by atoms with Crippen LogP contribution in [0, 0.1) is 0 Å². The van der Waals surface area contributed by atoms with Crippen LogP contribution in [0.25, 0.3) is 5.57 Å². The molecule has 27 heavy (non-hydrogen) atoms. The molecule has 0 atom stereocenters. The summed E-state index contributed by atoms with van der Waals surface area (Å²) in [6.45, 7) is 2.19. The number of nitrogens with zero attached hydrogens (tertiary/aromatic N) is 2. The minimum Gasteiger partial charge on any atom is -0.366 e. The van der Waals surface area contributed by atoms with E-state index in [1.54, 1.807) is 0 Å². The lowest BCUT2D eigenvalue weighted by molar-refractivity contribution is 0.0997. The Balaban J connectivity index is 1.75. The number of hydrogen-bond donors (Lipinski definition) is 1. The minimum absolute atomic E-state index is 0.186. The predicted molar refractivity (Wildman–Crippen MR) is 107 cm³/mol. The molecule has 2 aliphatic rings. The standard InChI is InChI=1S/C20H29N3O3S/c1-27(25,26)14-13-23-11-9-16(10-12-23)19-17(20(21)24)7-8-18(22-19)15-5-3-2-4-6-15/h5,7-8,16H,2-4,6,9-14H2,1H3,(H2,21,24). The molecule has 148 valence electrons. The number of amides is 1. The number of piperidine rings is 1. The van der Waals surface area contributed by atoms with Crippen molar-refractivity contribution >= 4 is 21.3 Å². The highest BCUT2D eigenvalue weighted by Gasteiger charge is 2.26. The highest BCUT2D eigenvalue weighted by atomic mass is 32.2. The van der Waals surface area contributed by atoms with Crippen LogP contribution < -0.4 is 5.73 Å². The number of sulfone groups is 1. The van der Waals surface area contributed by atoms with Crippen LogP contribution >= 0.6 is 0 Å². The van der Waals surface area contributed by atoms with Crippen LogP contribution in [-0.4, -0.2) is 55.9 Å². The zero-order chi connectivity index (χ0) is 19.4. The van der Waals surface area contributed by atoms with Crippen LogP contribution in [0.1, 0.15) is 66.2 Å². The van der Waals surface area contributed by atoms with Crippen LogP contribution in [0.5, 0.6) is 0 Å². The Bertz CT molecular complexity index is 825. The average molecular weight is 392 g/mol. The third kappa shape index (κ3) is 5.39. The maximum Gasteiger partial charge on any atom is 0.250 e. The van der Waals surface area contributed by atoms with Crippen LogP contribution in [0.4, 0.5) is 0 Å². The molecule has 3 rings (SSSR count). The Hall–Kier alpha value is -1.73. The molecule has 0 saturated carbocycles. The Labute approximate surface area is 161 Å². The van der Waals surface area contributed by atoms with Crippen LogP contribution in [0.3, 0.4) is 0 Å². The lowest BCUT2D eigenvalue weighted by Gasteiger charge is -2.32. The van der Waals surface area contributed by atoms with E-state index in [2.05, 4.69) is 11.0 Å². The lowest BCUT2D eigenvalue weighted by Crippen LogP contribution is -2.36. The second kappa shape index (κ2) is 8.52. The minimum atomic E-state index is -2.95. The van der Waals surface area contributed by atoms with Gasteiger partial charge in [0, 0.05) is 18.7 Å². The van der Waals surface area contributed by atoms with Crippen molar-refractivity contribution in [3.8, 4) is 0 Å². The molecule has 1 saturated heterocycles. The Kier molecular flexibility index (Phi) is 6.32. The molecule has 0 spiro atoms. The molecule has 2 heterocycles. The highest BCUT2D eigenvalue weighted by molar-refractivity contribution is 7.90. The summed E-state index contributed by atoms with van der Waals surface area (Å²) in [5.41, 5.74) is 9.17. The number of primary amides is 1. The van der Waals surface area contributed by atoms with E-state index >= 15 is 0 Å². The van der Waals surface area contributed by atoms with E-state index in [1.807, 2.05) is 12.1 Å². The van der Waals surface area contributed by atoms with Gasteiger partial charge in [-0.25, -0.2) is 8.42 Å². The molecule has 1 aliphatic carbocycles. The largest absolute Gasteiger partial charge is 0.366 e. The van der Waals surface area contributed by atoms with Crippen molar-refractivity contribution in [2.75, 3.05) is 31.6 Å². The molecule has 2 N–H and O–H groups in total. The van der Waals surface area contributed by atoms with Crippen molar-refractivity contribution in [3.05, 3.63) is 35.2 Å². The Morgan fingerprint density at radius 2 is 2.00 bits per heavy atom. The van der Waals surface area contributed by atoms with Crippen molar-refractivity contribution in [2.24, 2.45) is 5.73 Å². The van der Waals surface area contributed by atoms with Gasteiger partial charge < -0.3 is 10.6 Å². The molecule has 7 heteroatoms. The topological polar surface area (TPSA) is 93.4 Å². The highest BCUT2D eigenvalue weighted by Crippen LogP contribution is 2.32. The monoisotopic (exact) mass is 391 g/mol. The van der Waals surface area contributed by atoms with Crippen molar-refractivity contribution in [3.63, 3.8) is 0 Å². The molecule has 0 bridgehead atoms. The molecule has 6 nitrogen and oxygen atoms in total. The van der Waals surface area contributed by atoms with Gasteiger partial charge in [0.05, 0.1) is 22.7 Å². The summed E-state index contributed by atoms with van der Waals surface area (Å²) >= 11 is 0. The fourth-order valence-corrected chi connectivity index (χ4v) is 4.56. The maximum atomic E-state index is 11.9. The molecule has 1 aromatic rings. The molecule has 1 amide bonds. The van der Waals surface area contributed by atoms with Gasteiger partial charge in [-0.3, -0.25) is 9.78 Å². The zero-order valence-electron chi connectivity index (χ0n) is 16.0. The number of carbonyl (C=O) groups excluding carboxylic acids is 1. The van der Waals surface area contributed by atoms with Crippen LogP contribution in [0.15, 0.2) is 18.2 Å². The van der Waals surface area contributed by atoms with Gasteiger partial charge >= 0.3 is 0 Å². The van der Waals surface area contributed by atoms with E-state index in [0.29, 0.717) is 12.1 Å². The number of nitrogens with two attached hydrogens (primary N) is 1. The third-order valence-corrected chi connectivity index (χ3v) is 6.49. The van der Waals surface area contributed by atoms with Crippen molar-refractivity contribution in [2.45, 2.75) is 44.4 Å². The van der Waals surface area contributed by atoms with Gasteiger partial charge in [-0.2, -0.15) is 0 Å². The lowest BCUT2D eigenvalue weighted by atomic mass is 9.89. The third-order valence-electron chi connectivity index (χ3n) is 5.56. The molecule has 1 aromatic heterocycles. The van der Waals surface area contributed by atoms with Crippen LogP contribution in [-0.2, 0) is 9.84 Å². The predicted octanol–water partition coefficient (Wildman–Crippen LogP) is 2.36. The number of rotatable bonds is 6. The normalized spacial score (nSPS) is 19.7. The summed E-state index contributed by atoms with van der Waals surface area (Å²) in [6, 6.07) is 3.74. The van der Waals surface area contributed by atoms with E-state index in [-0.39, 0.29) is 11.7 Å². The first-order valence-corrected chi connectivity index (χ1v) is 11.8. The van der Waals surface area contributed by atoms with Gasteiger partial charge in [0.1, 0.15) is 9.84 Å². The zero-order valence-corrected chi connectivity index (χ0v) is 16.8. The molecule has 0 radical (unpaired) electrons. The van der Waals surface area contributed by atoms with Crippen molar-refractivity contribution in [1.29, 1.82) is 0 Å². The van der Waals surface area contributed by atoms with Gasteiger partial charge in [0.15, 0.2) is 0 Å². The van der Waals surface area contributed by atoms with Crippen LogP contribution in [0.2, 0.25) is 0 Å². The summed E-state index contributed by atoms with van der Waals surface area (Å²) in [5.74, 6) is -0.0566. The number of pyridine rings is 1. The number of allylic oxidation sites excluding steroid dienone is 2. The quantitative estimate of drug-likeness (QED) is 0.803. The maximum absolute atomic E-state index is 11.9. The van der Waals surface area contributed by atoms with E-state index in [0.717, 1.165) is 50.2 Å². The number of hydrogen-bond acceptors (Lipinski definition) is 5. The SMILES string of the molecule is CS(=O)(=O)CCN1CCC(c2nc(C3=CCCCC3)ccc2C(N)=O)CC1. The van der Waals surface area contributed by atoms with E-state index in [9.17, 15) is 13.2 Å². The van der Waals surface area contributed by atoms with Crippen molar-refractivity contribution < 1.29 is 13.2 Å². The first kappa shape index (κ1) is 20.0.